The standard InChI is InChI=1S/C21H29N3O4S/c1-16(2)12-24-19(13-23(18-9-10-18)20(25)14-28-3)11-22-21(24)29(26,27)15-17-7-5-4-6-8-17/h4-8,11,16,18H,9-10,12-15H2,1-3H3. The predicted molar refractivity (Wildman–Crippen MR) is 110 cm³/mol. The van der Waals surface area contributed by atoms with E-state index in [1.165, 1.54) is 7.11 Å². The molecule has 1 aromatic carbocycles. The molecule has 8 heteroatoms. The summed E-state index contributed by atoms with van der Waals surface area (Å²) in [4.78, 5) is 18.5. The first-order chi connectivity index (χ1) is 13.8. The highest BCUT2D eigenvalue weighted by Crippen LogP contribution is 2.29. The van der Waals surface area contributed by atoms with Crippen LogP contribution in [0.15, 0.2) is 41.7 Å². The number of imidazole rings is 1. The second-order valence-corrected chi connectivity index (χ2v) is 9.85. The molecule has 1 heterocycles. The molecular formula is C21H29N3O4S. The molecule has 1 aliphatic carbocycles. The van der Waals surface area contributed by atoms with Gasteiger partial charge < -0.3 is 14.2 Å². The van der Waals surface area contributed by atoms with Crippen LogP contribution in [0.3, 0.4) is 0 Å². The van der Waals surface area contributed by atoms with Crippen molar-refractivity contribution >= 4 is 15.7 Å². The normalized spacial score (nSPS) is 14.3. The molecule has 0 N–H and O–H groups in total. The quantitative estimate of drug-likeness (QED) is 0.591. The van der Waals surface area contributed by atoms with E-state index in [-0.39, 0.29) is 35.4 Å². The van der Waals surface area contributed by atoms with Crippen LogP contribution in [0, 0.1) is 5.92 Å². The van der Waals surface area contributed by atoms with Gasteiger partial charge in [0.1, 0.15) is 6.61 Å². The Bertz CT molecular complexity index is 934. The summed E-state index contributed by atoms with van der Waals surface area (Å²) in [6, 6.07) is 9.30. The predicted octanol–water partition coefficient (Wildman–Crippen LogP) is 2.65. The maximum absolute atomic E-state index is 13.1. The third-order valence-electron chi connectivity index (χ3n) is 4.84. The zero-order valence-corrected chi connectivity index (χ0v) is 18.1. The maximum atomic E-state index is 13.1. The van der Waals surface area contributed by atoms with Crippen LogP contribution >= 0.6 is 0 Å². The Morgan fingerprint density at radius 2 is 1.97 bits per heavy atom. The SMILES string of the molecule is COCC(=O)N(Cc1cnc(S(=O)(=O)Cc2ccccc2)n1CC(C)C)C1CC1. The molecule has 0 spiro atoms. The van der Waals surface area contributed by atoms with Gasteiger partial charge in [-0.2, -0.15) is 0 Å². The summed E-state index contributed by atoms with van der Waals surface area (Å²) in [7, 11) is -2.12. The van der Waals surface area contributed by atoms with Crippen molar-refractivity contribution in [2.45, 2.75) is 56.7 Å². The molecule has 0 saturated heterocycles. The number of hydrogen-bond donors (Lipinski definition) is 0. The fourth-order valence-corrected chi connectivity index (χ4v) is 4.87. The summed E-state index contributed by atoms with van der Waals surface area (Å²) in [6.07, 6.45) is 3.52. The number of ether oxygens (including phenoxy) is 1. The number of carbonyl (C=O) groups is 1. The molecule has 0 aliphatic heterocycles. The molecule has 3 rings (SSSR count). The Labute approximate surface area is 172 Å². The summed E-state index contributed by atoms with van der Waals surface area (Å²) < 4.78 is 33.0. The van der Waals surface area contributed by atoms with Gasteiger partial charge in [0.05, 0.1) is 24.2 Å². The molecule has 1 saturated carbocycles. The van der Waals surface area contributed by atoms with E-state index in [2.05, 4.69) is 4.98 Å². The van der Waals surface area contributed by atoms with E-state index in [9.17, 15) is 13.2 Å². The van der Waals surface area contributed by atoms with Gasteiger partial charge in [0.15, 0.2) is 0 Å². The van der Waals surface area contributed by atoms with Crippen molar-refractivity contribution in [3.8, 4) is 0 Å². The van der Waals surface area contributed by atoms with Crippen LogP contribution in [0.5, 0.6) is 0 Å². The van der Waals surface area contributed by atoms with Gasteiger partial charge in [0.2, 0.25) is 20.9 Å². The lowest BCUT2D eigenvalue weighted by molar-refractivity contribution is -0.136. The monoisotopic (exact) mass is 419 g/mol. The van der Waals surface area contributed by atoms with E-state index in [0.717, 1.165) is 24.1 Å². The number of benzene rings is 1. The van der Waals surface area contributed by atoms with Gasteiger partial charge in [-0.15, -0.1) is 0 Å². The first-order valence-electron chi connectivity index (χ1n) is 9.91. The first-order valence-corrected chi connectivity index (χ1v) is 11.6. The van der Waals surface area contributed by atoms with E-state index in [1.807, 2.05) is 32.0 Å². The molecule has 0 bridgehead atoms. The van der Waals surface area contributed by atoms with Crippen LogP contribution in [0.2, 0.25) is 0 Å². The molecule has 7 nitrogen and oxygen atoms in total. The van der Waals surface area contributed by atoms with Gasteiger partial charge >= 0.3 is 0 Å². The highest BCUT2D eigenvalue weighted by Gasteiger charge is 2.34. The number of aromatic nitrogens is 2. The van der Waals surface area contributed by atoms with Crippen LogP contribution in [0.25, 0.3) is 0 Å². The summed E-state index contributed by atoms with van der Waals surface area (Å²) >= 11 is 0. The Hall–Kier alpha value is -2.19. The van der Waals surface area contributed by atoms with Gasteiger partial charge in [-0.3, -0.25) is 4.79 Å². The lowest BCUT2D eigenvalue weighted by Crippen LogP contribution is -2.36. The topological polar surface area (TPSA) is 81.5 Å². The lowest BCUT2D eigenvalue weighted by Gasteiger charge is -2.23. The van der Waals surface area contributed by atoms with E-state index in [0.29, 0.717) is 13.1 Å². The molecule has 158 valence electrons. The van der Waals surface area contributed by atoms with E-state index < -0.39 is 9.84 Å². The number of rotatable bonds is 10. The summed E-state index contributed by atoms with van der Waals surface area (Å²) in [5.41, 5.74) is 1.46. The smallest absolute Gasteiger partial charge is 0.249 e. The summed E-state index contributed by atoms with van der Waals surface area (Å²) in [6.45, 7) is 4.95. The Morgan fingerprint density at radius 3 is 2.55 bits per heavy atom. The second-order valence-electron chi connectivity index (χ2n) is 7.97. The molecule has 0 atom stereocenters. The first kappa shape index (κ1) is 21.5. The number of methoxy groups -OCH3 is 1. The fourth-order valence-electron chi connectivity index (χ4n) is 3.37. The zero-order valence-electron chi connectivity index (χ0n) is 17.2. The van der Waals surface area contributed by atoms with Gasteiger partial charge in [-0.1, -0.05) is 44.2 Å². The Morgan fingerprint density at radius 1 is 1.28 bits per heavy atom. The largest absolute Gasteiger partial charge is 0.375 e. The van der Waals surface area contributed by atoms with Crippen LogP contribution in [0.4, 0.5) is 0 Å². The van der Waals surface area contributed by atoms with Crippen LogP contribution < -0.4 is 0 Å². The molecule has 0 radical (unpaired) electrons. The van der Waals surface area contributed by atoms with Gasteiger partial charge in [0.25, 0.3) is 0 Å². The van der Waals surface area contributed by atoms with E-state index in [1.54, 1.807) is 27.8 Å². The van der Waals surface area contributed by atoms with Crippen molar-refractivity contribution in [2.75, 3.05) is 13.7 Å². The van der Waals surface area contributed by atoms with E-state index >= 15 is 0 Å². The van der Waals surface area contributed by atoms with Crippen molar-refractivity contribution in [1.29, 1.82) is 0 Å². The van der Waals surface area contributed by atoms with Crippen molar-refractivity contribution in [2.24, 2.45) is 5.92 Å². The minimum atomic E-state index is -3.62. The molecule has 1 amide bonds. The molecule has 0 unspecified atom stereocenters. The fraction of sp³-hybridized carbons (Fsp3) is 0.524. The van der Waals surface area contributed by atoms with Crippen LogP contribution in [0.1, 0.15) is 37.9 Å². The number of nitrogens with zero attached hydrogens (tertiary/aromatic N) is 3. The van der Waals surface area contributed by atoms with Crippen molar-refractivity contribution in [3.05, 3.63) is 47.8 Å². The van der Waals surface area contributed by atoms with Crippen molar-refractivity contribution in [1.82, 2.24) is 14.5 Å². The van der Waals surface area contributed by atoms with Gasteiger partial charge in [-0.25, -0.2) is 13.4 Å². The molecule has 1 aliphatic rings. The highest BCUT2D eigenvalue weighted by molar-refractivity contribution is 7.90. The van der Waals surface area contributed by atoms with Crippen molar-refractivity contribution < 1.29 is 17.9 Å². The summed E-state index contributed by atoms with van der Waals surface area (Å²) in [5.74, 6) is 0.0517. The van der Waals surface area contributed by atoms with Crippen LogP contribution in [-0.4, -0.2) is 48.5 Å². The highest BCUT2D eigenvalue weighted by atomic mass is 32.2. The molecule has 1 aromatic heterocycles. The number of sulfone groups is 1. The van der Waals surface area contributed by atoms with Gasteiger partial charge in [0, 0.05) is 19.7 Å². The average molecular weight is 420 g/mol. The number of hydrogen-bond acceptors (Lipinski definition) is 5. The minimum absolute atomic E-state index is 0.0218. The Balaban J connectivity index is 1.91. The summed E-state index contributed by atoms with van der Waals surface area (Å²) in [5, 5.41) is 0.0694. The second kappa shape index (κ2) is 9.09. The lowest BCUT2D eigenvalue weighted by atomic mass is 10.2. The van der Waals surface area contributed by atoms with E-state index in [4.69, 9.17) is 4.74 Å². The Kier molecular flexibility index (Phi) is 6.74. The maximum Gasteiger partial charge on any atom is 0.249 e. The van der Waals surface area contributed by atoms with Crippen LogP contribution in [-0.2, 0) is 38.2 Å². The molecule has 29 heavy (non-hydrogen) atoms. The third-order valence-corrected chi connectivity index (χ3v) is 6.43. The minimum Gasteiger partial charge on any atom is -0.375 e. The number of carbonyl (C=O) groups excluding carboxylic acids is 1. The molecule has 1 fully saturated rings. The average Bonchev–Trinajstić information content (AvgIpc) is 3.41. The molecule has 2 aromatic rings. The number of amides is 1. The third kappa shape index (κ3) is 5.45. The van der Waals surface area contributed by atoms with Gasteiger partial charge in [-0.05, 0) is 24.3 Å². The van der Waals surface area contributed by atoms with Crippen molar-refractivity contribution in [3.63, 3.8) is 0 Å². The molecular weight excluding hydrogens is 390 g/mol. The zero-order chi connectivity index (χ0) is 21.0.